The monoisotopic (exact) mass is 170 g/mol. The maximum atomic E-state index is 9.58. The predicted octanol–water partition coefficient (Wildman–Crippen LogP) is -3.71. The van der Waals surface area contributed by atoms with Gasteiger partial charge in [0, 0.05) is 0 Å². The molecule has 0 aliphatic rings. The first kappa shape index (κ1) is 16.8. The Bertz CT molecular complexity index is 34.5. The van der Waals surface area contributed by atoms with Crippen molar-refractivity contribution in [3.8, 4) is 0 Å². The molecule has 8 heteroatoms. The molecule has 0 aromatic rings. The van der Waals surface area contributed by atoms with Crippen molar-refractivity contribution in [1.82, 2.24) is 0 Å². The Morgan fingerprint density at radius 2 is 1.00 bits per heavy atom. The summed E-state index contributed by atoms with van der Waals surface area (Å²) < 4.78 is 28.8. The Labute approximate surface area is 92.5 Å². The minimum absolute atomic E-state index is 0. The van der Waals surface area contributed by atoms with Gasteiger partial charge in [-0.05, 0) is 0 Å². The zero-order chi connectivity index (χ0) is 7.15. The second kappa shape index (κ2) is 12.1. The van der Waals surface area contributed by atoms with E-state index >= 15 is 0 Å². The van der Waals surface area contributed by atoms with Crippen LogP contribution in [-0.4, -0.2) is 22.4 Å². The van der Waals surface area contributed by atoms with Crippen LogP contribution in [0.1, 0.15) is 0 Å². The van der Waals surface area contributed by atoms with Gasteiger partial charge in [-0.25, -0.2) is 0 Å². The second-order valence-electron chi connectivity index (χ2n) is 0.561. The molecular weight excluding hydrogens is 167 g/mol. The van der Waals surface area contributed by atoms with Crippen LogP contribution in [0.3, 0.4) is 0 Å². The van der Waals surface area contributed by atoms with Crippen molar-refractivity contribution in [1.29, 1.82) is 0 Å². The number of rotatable bonds is 0. The molecule has 0 bridgehead atoms. The van der Waals surface area contributed by atoms with Crippen molar-refractivity contribution < 1.29 is 79.6 Å². The molecule has 0 saturated carbocycles. The van der Waals surface area contributed by atoms with E-state index in [1.807, 2.05) is 0 Å². The minimum atomic E-state index is -3.08. The van der Waals surface area contributed by atoms with E-state index in [4.69, 9.17) is 15.1 Å². The molecule has 0 atom stereocenters. The summed E-state index contributed by atoms with van der Waals surface area (Å²) in [6.45, 7) is -3.08. The fourth-order valence-corrected chi connectivity index (χ4v) is 0. The standard InChI is InChI=1S/CF3.BH3O3.K/c2*2-1(3)4;/h;2-4H;/q-1;;+1. The topological polar surface area (TPSA) is 60.7 Å². The van der Waals surface area contributed by atoms with Crippen LogP contribution in [0, 0.1) is 6.68 Å². The fourth-order valence-electron chi connectivity index (χ4n) is 0. The Morgan fingerprint density at radius 1 is 1.00 bits per heavy atom. The SMILES string of the molecule is F[C-](F)F.OB(O)O.[K+]. The molecule has 0 rings (SSSR count). The van der Waals surface area contributed by atoms with E-state index in [1.165, 1.54) is 0 Å². The van der Waals surface area contributed by atoms with Crippen LogP contribution in [-0.2, 0) is 0 Å². The summed E-state index contributed by atoms with van der Waals surface area (Å²) in [5.41, 5.74) is 0. The average molecular weight is 170 g/mol. The average Bonchev–Trinajstić information content (AvgIpc) is 1.25. The van der Waals surface area contributed by atoms with E-state index in [1.54, 1.807) is 0 Å². The molecule has 0 amide bonds. The summed E-state index contributed by atoms with van der Waals surface area (Å²) in [4.78, 5) is 0. The molecule has 0 aliphatic heterocycles. The van der Waals surface area contributed by atoms with E-state index in [2.05, 4.69) is 0 Å². The van der Waals surface area contributed by atoms with Gasteiger partial charge in [0.2, 0.25) is 0 Å². The maximum absolute atomic E-state index is 9.58. The van der Waals surface area contributed by atoms with E-state index in [-0.39, 0.29) is 51.4 Å². The summed E-state index contributed by atoms with van der Waals surface area (Å²) in [6, 6.07) is 0. The zero-order valence-corrected chi connectivity index (χ0v) is 7.68. The third-order valence-corrected chi connectivity index (χ3v) is 0. The zero-order valence-electron chi connectivity index (χ0n) is 4.55. The second-order valence-corrected chi connectivity index (χ2v) is 0.561. The van der Waals surface area contributed by atoms with Crippen molar-refractivity contribution in [3.05, 3.63) is 6.68 Å². The largest absolute Gasteiger partial charge is 1.00 e. The molecule has 0 spiro atoms. The van der Waals surface area contributed by atoms with E-state index in [0.717, 1.165) is 0 Å². The van der Waals surface area contributed by atoms with Gasteiger partial charge in [-0.3, -0.25) is 0 Å². The minimum Gasteiger partial charge on any atom is -0.402 e. The summed E-state index contributed by atoms with van der Waals surface area (Å²) in [7, 11) is -2.17. The fraction of sp³-hybridized carbons (Fsp3) is 0. The van der Waals surface area contributed by atoms with Crippen LogP contribution < -0.4 is 51.4 Å². The third kappa shape index (κ3) is 271. The first-order chi connectivity index (χ1) is 3.46. The van der Waals surface area contributed by atoms with E-state index < -0.39 is 14.0 Å². The number of halogens is 3. The first-order valence-electron chi connectivity index (χ1n) is 1.34. The van der Waals surface area contributed by atoms with E-state index in [9.17, 15) is 13.2 Å². The molecular formula is CH3BF3KO3. The summed E-state index contributed by atoms with van der Waals surface area (Å²) >= 11 is 0. The van der Waals surface area contributed by atoms with Crippen LogP contribution in [0.2, 0.25) is 0 Å². The van der Waals surface area contributed by atoms with Crippen LogP contribution >= 0.6 is 0 Å². The van der Waals surface area contributed by atoms with Crippen LogP contribution in [0.5, 0.6) is 0 Å². The molecule has 0 saturated heterocycles. The van der Waals surface area contributed by atoms with Crippen molar-refractivity contribution in [2.45, 2.75) is 0 Å². The maximum Gasteiger partial charge on any atom is 1.00 e. The van der Waals surface area contributed by atoms with Gasteiger partial charge in [0.25, 0.3) is 0 Å². The van der Waals surface area contributed by atoms with Crippen LogP contribution in [0.15, 0.2) is 0 Å². The normalized spacial score (nSPS) is 7.00. The van der Waals surface area contributed by atoms with Gasteiger partial charge >= 0.3 is 58.7 Å². The molecule has 0 aromatic carbocycles. The Hall–Kier alpha value is 1.37. The summed E-state index contributed by atoms with van der Waals surface area (Å²) in [5, 5.41) is 21.5. The molecule has 0 heterocycles. The Kier molecular flexibility index (Phi) is 22.5. The molecule has 0 radical (unpaired) electrons. The summed E-state index contributed by atoms with van der Waals surface area (Å²) in [6.07, 6.45) is 0. The van der Waals surface area contributed by atoms with Crippen molar-refractivity contribution in [2.24, 2.45) is 0 Å². The van der Waals surface area contributed by atoms with Gasteiger partial charge in [-0.2, -0.15) is 0 Å². The van der Waals surface area contributed by atoms with Gasteiger partial charge in [0.1, 0.15) is 0 Å². The molecule has 3 nitrogen and oxygen atoms in total. The van der Waals surface area contributed by atoms with Crippen LogP contribution in [0.25, 0.3) is 0 Å². The molecule has 9 heavy (non-hydrogen) atoms. The van der Waals surface area contributed by atoms with Gasteiger partial charge in [0.15, 0.2) is 6.68 Å². The van der Waals surface area contributed by atoms with Crippen molar-refractivity contribution in [3.63, 3.8) is 0 Å². The van der Waals surface area contributed by atoms with Crippen molar-refractivity contribution in [2.75, 3.05) is 0 Å². The molecule has 0 fully saturated rings. The molecule has 0 aliphatic carbocycles. The molecule has 50 valence electrons. The van der Waals surface area contributed by atoms with Gasteiger partial charge in [0.05, 0.1) is 0 Å². The molecule has 0 aromatic heterocycles. The molecule has 0 unspecified atom stereocenters. The first-order valence-corrected chi connectivity index (χ1v) is 1.34. The Morgan fingerprint density at radius 3 is 1.00 bits per heavy atom. The van der Waals surface area contributed by atoms with Crippen molar-refractivity contribution >= 4 is 7.32 Å². The molecule has 3 N–H and O–H groups in total. The van der Waals surface area contributed by atoms with E-state index in [0.29, 0.717) is 0 Å². The van der Waals surface area contributed by atoms with Crippen LogP contribution in [0.4, 0.5) is 13.2 Å². The number of hydrogen-bond acceptors (Lipinski definition) is 3. The smallest absolute Gasteiger partial charge is 0.402 e. The quantitative estimate of drug-likeness (QED) is 0.259. The van der Waals surface area contributed by atoms with Gasteiger partial charge in [-0.1, -0.05) is 0 Å². The predicted molar refractivity (Wildman–Crippen MR) is 19.0 cm³/mol. The van der Waals surface area contributed by atoms with Gasteiger partial charge in [-0.15, -0.1) is 0 Å². The third-order valence-electron chi connectivity index (χ3n) is 0. The number of hydrogen-bond donors (Lipinski definition) is 3. The Balaban J connectivity index is -0.0000000720. The summed E-state index contributed by atoms with van der Waals surface area (Å²) in [5.74, 6) is 0. The van der Waals surface area contributed by atoms with Gasteiger partial charge < -0.3 is 28.2 Å².